The minimum Gasteiger partial charge on any atom is -0.335 e. The van der Waals surface area contributed by atoms with Crippen LogP contribution in [0.4, 0.5) is 9.39 Å². The number of piperazine rings is 1. The molecular weight excluding hydrogens is 393 g/mol. The van der Waals surface area contributed by atoms with Gasteiger partial charge in [-0.05, 0) is 30.3 Å². The van der Waals surface area contributed by atoms with Gasteiger partial charge in [0.1, 0.15) is 5.82 Å². The van der Waals surface area contributed by atoms with Crippen LogP contribution < -0.4 is 5.32 Å². The van der Waals surface area contributed by atoms with Crippen molar-refractivity contribution >= 4 is 38.2 Å². The summed E-state index contributed by atoms with van der Waals surface area (Å²) in [5, 5.41) is 3.20. The lowest BCUT2D eigenvalue weighted by Crippen LogP contribution is -2.50. The second-order valence-electron chi connectivity index (χ2n) is 6.00. The molecule has 0 saturated carbocycles. The Bertz CT molecular complexity index is 966. The van der Waals surface area contributed by atoms with Gasteiger partial charge in [0, 0.05) is 33.1 Å². The van der Waals surface area contributed by atoms with Gasteiger partial charge in [-0.2, -0.15) is 4.31 Å². The van der Waals surface area contributed by atoms with Crippen LogP contribution >= 0.6 is 11.3 Å². The van der Waals surface area contributed by atoms with Crippen molar-refractivity contribution in [3.8, 4) is 0 Å². The molecule has 7 nitrogen and oxygen atoms in total. The van der Waals surface area contributed by atoms with E-state index in [0.717, 1.165) is 6.07 Å². The fraction of sp³-hybridized carbons (Fsp3) is 0.294. The van der Waals surface area contributed by atoms with Crippen LogP contribution in [0.2, 0.25) is 0 Å². The minimum absolute atomic E-state index is 0.0968. The highest BCUT2D eigenvalue weighted by atomic mass is 32.2. The van der Waals surface area contributed by atoms with E-state index in [2.05, 4.69) is 5.32 Å². The summed E-state index contributed by atoms with van der Waals surface area (Å²) in [7, 11) is -3.80. The summed E-state index contributed by atoms with van der Waals surface area (Å²) in [5.74, 6) is -1.04. The van der Waals surface area contributed by atoms with Crippen molar-refractivity contribution in [1.29, 1.82) is 0 Å². The number of hydrogen-bond acceptors (Lipinski definition) is 5. The number of benzene rings is 1. The van der Waals surface area contributed by atoms with Gasteiger partial charge in [0.15, 0.2) is 0 Å². The average Bonchev–Trinajstić information content (AvgIpc) is 3.09. The van der Waals surface area contributed by atoms with E-state index in [1.165, 1.54) is 40.8 Å². The Morgan fingerprint density at radius 3 is 2.44 bits per heavy atom. The van der Waals surface area contributed by atoms with Crippen LogP contribution in [-0.2, 0) is 14.8 Å². The van der Waals surface area contributed by atoms with Gasteiger partial charge in [0.05, 0.1) is 14.8 Å². The van der Waals surface area contributed by atoms with Gasteiger partial charge in [0.25, 0.3) is 5.91 Å². The predicted octanol–water partition coefficient (Wildman–Crippen LogP) is 1.99. The third-order valence-corrected chi connectivity index (χ3v) is 6.96. The van der Waals surface area contributed by atoms with Crippen molar-refractivity contribution in [3.05, 3.63) is 47.1 Å². The van der Waals surface area contributed by atoms with E-state index in [0.29, 0.717) is 9.88 Å². The summed E-state index contributed by atoms with van der Waals surface area (Å²) < 4.78 is 39.8. The maximum absolute atomic E-state index is 13.3. The number of thiophene rings is 1. The summed E-state index contributed by atoms with van der Waals surface area (Å²) in [5.41, 5.74) is 0. The first kappa shape index (κ1) is 19.5. The molecule has 1 N–H and O–H groups in total. The van der Waals surface area contributed by atoms with Crippen LogP contribution in [0.25, 0.3) is 0 Å². The lowest BCUT2D eigenvalue weighted by atomic mass is 10.3. The second-order valence-corrected chi connectivity index (χ2v) is 9.02. The zero-order chi connectivity index (χ0) is 19.6. The summed E-state index contributed by atoms with van der Waals surface area (Å²) in [6.45, 7) is 2.13. The van der Waals surface area contributed by atoms with Gasteiger partial charge in [-0.25, -0.2) is 12.8 Å². The molecule has 1 aliphatic rings. The fourth-order valence-electron chi connectivity index (χ4n) is 2.76. The highest BCUT2D eigenvalue weighted by Crippen LogP contribution is 2.24. The number of hydrogen-bond donors (Lipinski definition) is 1. The molecule has 0 aliphatic carbocycles. The second kappa shape index (κ2) is 7.75. The smallest absolute Gasteiger partial charge is 0.264 e. The SMILES string of the molecule is CC(=O)Nc1ccc(C(=O)N2CCN(S(=O)(=O)c3cccc(F)c3)CC2)s1. The molecular formula is C17H18FN3O4S2. The quantitative estimate of drug-likeness (QED) is 0.834. The number of nitrogens with one attached hydrogen (secondary N) is 1. The largest absolute Gasteiger partial charge is 0.335 e. The minimum atomic E-state index is -3.80. The van der Waals surface area contributed by atoms with Gasteiger partial charge in [0.2, 0.25) is 15.9 Å². The molecule has 1 fully saturated rings. The molecule has 10 heteroatoms. The van der Waals surface area contributed by atoms with Crippen LogP contribution in [-0.4, -0.2) is 55.6 Å². The Morgan fingerprint density at radius 2 is 1.81 bits per heavy atom. The number of carbonyl (C=O) groups is 2. The molecule has 2 amide bonds. The molecule has 2 heterocycles. The molecule has 1 aliphatic heterocycles. The average molecular weight is 411 g/mol. The van der Waals surface area contributed by atoms with E-state index < -0.39 is 15.8 Å². The molecule has 1 aromatic heterocycles. The highest BCUT2D eigenvalue weighted by molar-refractivity contribution is 7.89. The zero-order valence-corrected chi connectivity index (χ0v) is 16.1. The van der Waals surface area contributed by atoms with Crippen molar-refractivity contribution in [2.45, 2.75) is 11.8 Å². The van der Waals surface area contributed by atoms with Crippen molar-refractivity contribution in [2.75, 3.05) is 31.5 Å². The van der Waals surface area contributed by atoms with Gasteiger partial charge in [-0.1, -0.05) is 6.07 Å². The first-order chi connectivity index (χ1) is 12.8. The third-order valence-electron chi connectivity index (χ3n) is 4.08. The molecule has 0 radical (unpaired) electrons. The molecule has 27 heavy (non-hydrogen) atoms. The molecule has 3 rings (SSSR count). The number of nitrogens with zero attached hydrogens (tertiary/aromatic N) is 2. The van der Waals surface area contributed by atoms with Crippen LogP contribution in [0.3, 0.4) is 0 Å². The summed E-state index contributed by atoms with van der Waals surface area (Å²) in [6, 6.07) is 8.17. The molecule has 144 valence electrons. The van der Waals surface area contributed by atoms with E-state index in [9.17, 15) is 22.4 Å². The number of halogens is 1. The zero-order valence-electron chi connectivity index (χ0n) is 14.5. The first-order valence-corrected chi connectivity index (χ1v) is 10.5. The van der Waals surface area contributed by atoms with E-state index in [1.807, 2.05) is 0 Å². The van der Waals surface area contributed by atoms with Crippen molar-refractivity contribution in [2.24, 2.45) is 0 Å². The fourth-order valence-corrected chi connectivity index (χ4v) is 5.13. The first-order valence-electron chi connectivity index (χ1n) is 8.20. The Morgan fingerprint density at radius 1 is 1.11 bits per heavy atom. The lowest BCUT2D eigenvalue weighted by molar-refractivity contribution is -0.114. The van der Waals surface area contributed by atoms with Gasteiger partial charge in [-0.15, -0.1) is 11.3 Å². The van der Waals surface area contributed by atoms with E-state index in [1.54, 1.807) is 17.0 Å². The summed E-state index contributed by atoms with van der Waals surface area (Å²) in [4.78, 5) is 25.6. The highest BCUT2D eigenvalue weighted by Gasteiger charge is 2.31. The number of carbonyl (C=O) groups excluding carboxylic acids is 2. The van der Waals surface area contributed by atoms with Crippen molar-refractivity contribution < 1.29 is 22.4 Å². The molecule has 0 atom stereocenters. The summed E-state index contributed by atoms with van der Waals surface area (Å²) in [6.07, 6.45) is 0. The third kappa shape index (κ3) is 4.34. The lowest BCUT2D eigenvalue weighted by Gasteiger charge is -2.33. The predicted molar refractivity (Wildman–Crippen MR) is 99.7 cm³/mol. The normalized spacial score (nSPS) is 15.6. The molecule has 1 aromatic carbocycles. The van der Waals surface area contributed by atoms with Gasteiger partial charge >= 0.3 is 0 Å². The van der Waals surface area contributed by atoms with Crippen LogP contribution in [0.5, 0.6) is 0 Å². The van der Waals surface area contributed by atoms with E-state index in [-0.39, 0.29) is 42.9 Å². The van der Waals surface area contributed by atoms with Crippen molar-refractivity contribution in [3.63, 3.8) is 0 Å². The van der Waals surface area contributed by atoms with E-state index >= 15 is 0 Å². The van der Waals surface area contributed by atoms with Gasteiger partial charge < -0.3 is 10.2 Å². The summed E-state index contributed by atoms with van der Waals surface area (Å²) >= 11 is 1.17. The van der Waals surface area contributed by atoms with Crippen LogP contribution in [0.15, 0.2) is 41.3 Å². The molecule has 2 aromatic rings. The topological polar surface area (TPSA) is 86.8 Å². The van der Waals surface area contributed by atoms with Crippen LogP contribution in [0.1, 0.15) is 16.6 Å². The number of anilines is 1. The standard InChI is InChI=1S/C17H18FN3O4S2/c1-12(22)19-16-6-5-15(26-16)17(23)20-7-9-21(10-8-20)27(24,25)14-4-2-3-13(18)11-14/h2-6,11H,7-10H2,1H3,(H,19,22). The Kier molecular flexibility index (Phi) is 5.59. The molecule has 0 spiro atoms. The van der Waals surface area contributed by atoms with E-state index in [4.69, 9.17) is 0 Å². The van der Waals surface area contributed by atoms with Gasteiger partial charge in [-0.3, -0.25) is 9.59 Å². The number of rotatable bonds is 4. The Hall–Kier alpha value is -2.30. The maximum atomic E-state index is 13.3. The van der Waals surface area contributed by atoms with Crippen molar-refractivity contribution in [1.82, 2.24) is 9.21 Å². The molecule has 0 unspecified atom stereocenters. The maximum Gasteiger partial charge on any atom is 0.264 e. The molecule has 1 saturated heterocycles. The Labute approximate surface area is 160 Å². The molecule has 0 bridgehead atoms. The monoisotopic (exact) mass is 411 g/mol. The Balaban J connectivity index is 1.65. The number of amides is 2. The van der Waals surface area contributed by atoms with Crippen LogP contribution in [0, 0.1) is 5.82 Å². The number of sulfonamides is 1.